The molecule has 1 N–H and O–H groups in total. The number of rotatable bonds is 8. The molecule has 0 aliphatic carbocycles. The number of carboxylic acid groups (broad SMARTS) is 1. The lowest BCUT2D eigenvalue weighted by Gasteiger charge is -2.06. The second-order valence-electron chi connectivity index (χ2n) is 4.93. The number of aliphatic carboxylic acids is 1. The zero-order chi connectivity index (χ0) is 16.3. The molecular formula is C15H25NO5. The molecule has 1 unspecified atom stereocenters. The molecule has 21 heavy (non-hydrogen) atoms. The Labute approximate surface area is 126 Å². The van der Waals surface area contributed by atoms with Crippen molar-refractivity contribution in [3.05, 3.63) is 24.3 Å². The summed E-state index contributed by atoms with van der Waals surface area (Å²) in [6.07, 6.45) is 4.91. The summed E-state index contributed by atoms with van der Waals surface area (Å²) in [4.78, 5) is 22.8. The Balaban J connectivity index is 0.000000394. The lowest BCUT2D eigenvalue weighted by Crippen LogP contribution is -2.12. The van der Waals surface area contributed by atoms with E-state index in [2.05, 4.69) is 16.2 Å². The first-order chi connectivity index (χ1) is 9.86. The second-order valence-corrected chi connectivity index (χ2v) is 4.93. The van der Waals surface area contributed by atoms with E-state index in [0.29, 0.717) is 18.8 Å². The molecule has 0 aromatic carbocycles. The van der Waals surface area contributed by atoms with Gasteiger partial charge in [0.1, 0.15) is 12.7 Å². The van der Waals surface area contributed by atoms with Gasteiger partial charge in [-0.25, -0.2) is 9.59 Å². The minimum atomic E-state index is -0.820. The summed E-state index contributed by atoms with van der Waals surface area (Å²) in [6.45, 7) is 6.95. The Kier molecular flexibility index (Phi) is 10.2. The number of epoxide rings is 1. The lowest BCUT2D eigenvalue weighted by atomic mass is 10.2. The third-order valence-corrected chi connectivity index (χ3v) is 2.58. The molecule has 120 valence electrons. The summed E-state index contributed by atoms with van der Waals surface area (Å²) < 4.78 is 9.42. The van der Waals surface area contributed by atoms with Gasteiger partial charge in [0.15, 0.2) is 0 Å². The van der Waals surface area contributed by atoms with E-state index >= 15 is 0 Å². The normalized spacial score (nSPS) is 16.8. The third-order valence-electron chi connectivity index (χ3n) is 2.58. The molecule has 1 saturated heterocycles. The van der Waals surface area contributed by atoms with Crippen LogP contribution in [0.3, 0.4) is 0 Å². The van der Waals surface area contributed by atoms with Crippen LogP contribution in [0.5, 0.6) is 0 Å². The fraction of sp³-hybridized carbons (Fsp3) is 0.600. The molecular weight excluding hydrogens is 274 g/mol. The Morgan fingerprint density at radius 1 is 1.48 bits per heavy atom. The minimum absolute atomic E-state index is 0.147. The standard InChI is InChI=1S/C9H17NO2.C6H8O3/c1-8(9(11)12)6-4-5-7-10(2)3;1-2-6(7)9-4-5-3-8-5/h6H,4-5,7H2,1-3H3,(H,11,12);2,5H,1,3-4H2. The molecule has 1 fully saturated rings. The van der Waals surface area contributed by atoms with E-state index in [1.165, 1.54) is 0 Å². The van der Waals surface area contributed by atoms with Gasteiger partial charge in [0.2, 0.25) is 0 Å². The van der Waals surface area contributed by atoms with Crippen LogP contribution in [0.25, 0.3) is 0 Å². The Hall–Kier alpha value is -1.66. The average molecular weight is 299 g/mol. The van der Waals surface area contributed by atoms with Crippen molar-refractivity contribution in [2.75, 3.05) is 33.9 Å². The molecule has 6 nitrogen and oxygen atoms in total. The molecule has 1 rings (SSSR count). The molecule has 6 heteroatoms. The fourth-order valence-corrected chi connectivity index (χ4v) is 1.21. The van der Waals surface area contributed by atoms with Gasteiger partial charge in [0.25, 0.3) is 0 Å². The van der Waals surface area contributed by atoms with Crippen LogP contribution < -0.4 is 0 Å². The smallest absolute Gasteiger partial charge is 0.330 e. The Morgan fingerprint density at radius 2 is 2.10 bits per heavy atom. The fourth-order valence-electron chi connectivity index (χ4n) is 1.21. The van der Waals surface area contributed by atoms with Gasteiger partial charge >= 0.3 is 11.9 Å². The first kappa shape index (κ1) is 19.3. The van der Waals surface area contributed by atoms with Gasteiger partial charge in [-0.3, -0.25) is 0 Å². The SMILES string of the molecule is C=CC(=O)OCC1CO1.CC(=CCCCN(C)C)C(=O)O. The molecule has 1 aliphatic heterocycles. The zero-order valence-electron chi connectivity index (χ0n) is 13.0. The monoisotopic (exact) mass is 299 g/mol. The largest absolute Gasteiger partial charge is 0.478 e. The number of carbonyl (C=O) groups excluding carboxylic acids is 1. The van der Waals surface area contributed by atoms with Crippen LogP contribution in [0.1, 0.15) is 19.8 Å². The molecule has 0 spiro atoms. The highest BCUT2D eigenvalue weighted by Gasteiger charge is 2.23. The van der Waals surface area contributed by atoms with Crippen molar-refractivity contribution in [3.8, 4) is 0 Å². The summed E-state index contributed by atoms with van der Waals surface area (Å²) in [5, 5.41) is 8.51. The van der Waals surface area contributed by atoms with Crippen molar-refractivity contribution < 1.29 is 24.2 Å². The van der Waals surface area contributed by atoms with Gasteiger partial charge in [-0.1, -0.05) is 12.7 Å². The van der Waals surface area contributed by atoms with Crippen molar-refractivity contribution >= 4 is 11.9 Å². The van der Waals surface area contributed by atoms with Crippen LogP contribution in [-0.2, 0) is 19.1 Å². The van der Waals surface area contributed by atoms with Gasteiger partial charge < -0.3 is 19.5 Å². The van der Waals surface area contributed by atoms with Crippen molar-refractivity contribution in [1.82, 2.24) is 4.90 Å². The maximum atomic E-state index is 10.3. The van der Waals surface area contributed by atoms with Crippen molar-refractivity contribution in [1.29, 1.82) is 0 Å². The summed E-state index contributed by atoms with van der Waals surface area (Å²) in [5.41, 5.74) is 0.439. The number of unbranched alkanes of at least 4 members (excludes halogenated alkanes) is 1. The molecule has 0 saturated carbocycles. The number of allylic oxidation sites excluding steroid dienone is 1. The lowest BCUT2D eigenvalue weighted by molar-refractivity contribution is -0.138. The summed E-state index contributed by atoms with van der Waals surface area (Å²) in [5.74, 6) is -1.20. The highest BCUT2D eigenvalue weighted by molar-refractivity contribution is 5.85. The van der Waals surface area contributed by atoms with E-state index in [0.717, 1.165) is 25.5 Å². The van der Waals surface area contributed by atoms with E-state index in [9.17, 15) is 9.59 Å². The maximum Gasteiger partial charge on any atom is 0.330 e. The maximum absolute atomic E-state index is 10.3. The highest BCUT2D eigenvalue weighted by Crippen LogP contribution is 2.08. The summed E-state index contributed by atoms with van der Waals surface area (Å²) >= 11 is 0. The number of hydrogen-bond donors (Lipinski definition) is 1. The van der Waals surface area contributed by atoms with E-state index in [-0.39, 0.29) is 12.1 Å². The molecule has 0 amide bonds. The summed E-state index contributed by atoms with van der Waals surface area (Å²) in [7, 11) is 4.02. The van der Waals surface area contributed by atoms with E-state index < -0.39 is 5.97 Å². The topological polar surface area (TPSA) is 79.4 Å². The molecule has 1 aliphatic rings. The number of carbonyl (C=O) groups is 2. The first-order valence-corrected chi connectivity index (χ1v) is 6.82. The number of esters is 1. The van der Waals surface area contributed by atoms with Crippen LogP contribution in [0.2, 0.25) is 0 Å². The quantitative estimate of drug-likeness (QED) is 0.316. The van der Waals surface area contributed by atoms with Crippen LogP contribution in [-0.4, -0.2) is 61.9 Å². The van der Waals surface area contributed by atoms with Crippen LogP contribution in [0, 0.1) is 0 Å². The van der Waals surface area contributed by atoms with Gasteiger partial charge in [0.05, 0.1) is 6.61 Å². The number of hydrogen-bond acceptors (Lipinski definition) is 5. The van der Waals surface area contributed by atoms with E-state index in [1.54, 1.807) is 13.0 Å². The van der Waals surface area contributed by atoms with Gasteiger partial charge in [0, 0.05) is 11.6 Å². The average Bonchev–Trinajstić information content (AvgIpc) is 3.25. The van der Waals surface area contributed by atoms with Crippen molar-refractivity contribution in [2.24, 2.45) is 0 Å². The third kappa shape index (κ3) is 13.1. The predicted octanol–water partition coefficient (Wildman–Crippen LogP) is 1.47. The first-order valence-electron chi connectivity index (χ1n) is 6.82. The van der Waals surface area contributed by atoms with Crippen molar-refractivity contribution in [3.63, 3.8) is 0 Å². The van der Waals surface area contributed by atoms with Crippen LogP contribution in [0.15, 0.2) is 24.3 Å². The van der Waals surface area contributed by atoms with Crippen molar-refractivity contribution in [2.45, 2.75) is 25.9 Å². The van der Waals surface area contributed by atoms with Crippen LogP contribution in [0.4, 0.5) is 0 Å². The Morgan fingerprint density at radius 3 is 2.52 bits per heavy atom. The molecule has 0 radical (unpaired) electrons. The number of carboxylic acids is 1. The second kappa shape index (κ2) is 11.0. The van der Waals surface area contributed by atoms with E-state index in [1.807, 2.05) is 14.1 Å². The summed E-state index contributed by atoms with van der Waals surface area (Å²) in [6, 6.07) is 0. The molecule has 1 atom stereocenters. The van der Waals surface area contributed by atoms with Gasteiger partial charge in [-0.05, 0) is 40.4 Å². The molecule has 0 bridgehead atoms. The predicted molar refractivity (Wildman–Crippen MR) is 80.1 cm³/mol. The molecule has 1 heterocycles. The highest BCUT2D eigenvalue weighted by atomic mass is 16.6. The van der Waals surface area contributed by atoms with E-state index in [4.69, 9.17) is 9.84 Å². The molecule has 0 aromatic heterocycles. The van der Waals surface area contributed by atoms with Gasteiger partial charge in [-0.15, -0.1) is 0 Å². The molecule has 0 aromatic rings. The number of nitrogens with zero attached hydrogens (tertiary/aromatic N) is 1. The zero-order valence-corrected chi connectivity index (χ0v) is 13.0. The minimum Gasteiger partial charge on any atom is -0.478 e. The van der Waals surface area contributed by atoms with Crippen LogP contribution >= 0.6 is 0 Å². The Bertz CT molecular complexity index is 372. The van der Waals surface area contributed by atoms with Gasteiger partial charge in [-0.2, -0.15) is 0 Å². The number of ether oxygens (including phenoxy) is 2.